The van der Waals surface area contributed by atoms with Crippen molar-refractivity contribution in [2.75, 3.05) is 0 Å². The Morgan fingerprint density at radius 3 is 2.02 bits per heavy atom. The first-order valence-electron chi connectivity index (χ1n) is 18.1. The van der Waals surface area contributed by atoms with Crippen LogP contribution in [0, 0.1) is 52.3 Å². The molecular formula is C41H56O4. The maximum atomic E-state index is 13.5. The van der Waals surface area contributed by atoms with Crippen molar-refractivity contribution >= 4 is 11.9 Å². The number of hydrogen-bond acceptors (Lipinski definition) is 4. The molecule has 0 saturated heterocycles. The van der Waals surface area contributed by atoms with Crippen LogP contribution in [0.4, 0.5) is 0 Å². The zero-order chi connectivity index (χ0) is 31.8. The summed E-state index contributed by atoms with van der Waals surface area (Å²) in [6.07, 6.45) is 12.7. The number of ether oxygens (including phenoxy) is 2. The number of rotatable bonds is 9. The highest BCUT2D eigenvalue weighted by atomic mass is 16.5. The van der Waals surface area contributed by atoms with Crippen LogP contribution in [0.2, 0.25) is 0 Å². The topological polar surface area (TPSA) is 52.6 Å². The Balaban J connectivity index is 1.21. The Bertz CT molecular complexity index is 1310. The highest BCUT2D eigenvalue weighted by Crippen LogP contribution is 2.69. The molecule has 10 atom stereocenters. The molecule has 0 unspecified atom stereocenters. The largest absolute Gasteiger partial charge is 0.459 e. The predicted molar refractivity (Wildman–Crippen MR) is 180 cm³/mol. The molecule has 6 rings (SSSR count). The van der Waals surface area contributed by atoms with Gasteiger partial charge in [-0.2, -0.15) is 0 Å². The van der Waals surface area contributed by atoms with Gasteiger partial charge in [0.1, 0.15) is 12.2 Å². The minimum atomic E-state index is -0.186. The third-order valence-electron chi connectivity index (χ3n) is 13.3. The minimum absolute atomic E-state index is 0.00307. The molecule has 0 aromatic heterocycles. The molecule has 0 amide bonds. The second-order valence-electron chi connectivity index (χ2n) is 16.2. The molecule has 0 spiro atoms. The van der Waals surface area contributed by atoms with E-state index < -0.39 is 0 Å². The van der Waals surface area contributed by atoms with Crippen molar-refractivity contribution < 1.29 is 19.1 Å². The Morgan fingerprint density at radius 2 is 1.38 bits per heavy atom. The molecule has 4 heteroatoms. The second-order valence-corrected chi connectivity index (χ2v) is 16.2. The first kappa shape index (κ1) is 32.3. The Morgan fingerprint density at radius 1 is 0.756 bits per heavy atom. The summed E-state index contributed by atoms with van der Waals surface area (Å²) < 4.78 is 12.7. The van der Waals surface area contributed by atoms with E-state index in [0.29, 0.717) is 46.6 Å². The lowest BCUT2D eigenvalue weighted by atomic mass is 9.44. The fourth-order valence-electron chi connectivity index (χ4n) is 11.0. The highest BCUT2D eigenvalue weighted by Gasteiger charge is 2.64. The molecule has 4 aliphatic carbocycles. The van der Waals surface area contributed by atoms with Gasteiger partial charge in [0.25, 0.3) is 0 Å². The summed E-state index contributed by atoms with van der Waals surface area (Å²) >= 11 is 0. The zero-order valence-corrected chi connectivity index (χ0v) is 28.4. The fourth-order valence-corrected chi connectivity index (χ4v) is 11.0. The number of carbonyl (C=O) groups excluding carboxylic acids is 2. The van der Waals surface area contributed by atoms with Gasteiger partial charge in [-0.05, 0) is 122 Å². The molecule has 244 valence electrons. The summed E-state index contributed by atoms with van der Waals surface area (Å²) in [5.74, 6) is 3.82. The number of fused-ring (bicyclic) bond motifs is 5. The summed E-state index contributed by atoms with van der Waals surface area (Å²) in [4.78, 5) is 26.4. The Hall–Kier alpha value is -2.62. The van der Waals surface area contributed by atoms with Crippen LogP contribution < -0.4 is 0 Å². The third kappa shape index (κ3) is 6.37. The van der Waals surface area contributed by atoms with Crippen LogP contribution in [0.3, 0.4) is 0 Å². The lowest BCUT2D eigenvalue weighted by Crippen LogP contribution is -2.56. The predicted octanol–water partition coefficient (Wildman–Crippen LogP) is 10.2. The van der Waals surface area contributed by atoms with Gasteiger partial charge in [0.15, 0.2) is 0 Å². The van der Waals surface area contributed by atoms with Crippen LogP contribution in [0.25, 0.3) is 0 Å². The summed E-state index contributed by atoms with van der Waals surface area (Å²) in [7, 11) is 0. The van der Waals surface area contributed by atoms with Crippen molar-refractivity contribution in [1.82, 2.24) is 0 Å². The summed E-state index contributed by atoms with van der Waals surface area (Å²) in [5.41, 5.74) is 1.76. The van der Waals surface area contributed by atoms with Crippen molar-refractivity contribution in [2.24, 2.45) is 52.3 Å². The molecule has 2 aromatic rings. The van der Waals surface area contributed by atoms with Crippen LogP contribution in [0.5, 0.6) is 0 Å². The van der Waals surface area contributed by atoms with Crippen LogP contribution >= 0.6 is 0 Å². The van der Waals surface area contributed by atoms with E-state index in [0.717, 1.165) is 31.6 Å². The van der Waals surface area contributed by atoms with Gasteiger partial charge in [-0.3, -0.25) is 0 Å². The summed E-state index contributed by atoms with van der Waals surface area (Å²) in [6, 6.07) is 19.0. The zero-order valence-electron chi connectivity index (χ0n) is 28.4. The number of esters is 2. The highest BCUT2D eigenvalue weighted by molar-refractivity contribution is 5.89. The first-order chi connectivity index (χ1) is 21.6. The maximum absolute atomic E-state index is 13.5. The van der Waals surface area contributed by atoms with Crippen molar-refractivity contribution in [3.8, 4) is 0 Å². The molecule has 0 heterocycles. The van der Waals surface area contributed by atoms with E-state index in [4.69, 9.17) is 9.47 Å². The number of carbonyl (C=O) groups is 2. The normalized spacial score (nSPS) is 36.4. The Labute approximate surface area is 272 Å². The van der Waals surface area contributed by atoms with E-state index in [1.54, 1.807) is 0 Å². The smallest absolute Gasteiger partial charge is 0.338 e. The average Bonchev–Trinajstić information content (AvgIpc) is 3.33. The molecule has 2 aromatic carbocycles. The molecule has 4 nitrogen and oxygen atoms in total. The van der Waals surface area contributed by atoms with E-state index >= 15 is 0 Å². The second kappa shape index (κ2) is 13.2. The molecule has 45 heavy (non-hydrogen) atoms. The van der Waals surface area contributed by atoms with Gasteiger partial charge in [-0.1, -0.05) is 90.3 Å². The van der Waals surface area contributed by atoms with Gasteiger partial charge < -0.3 is 9.47 Å². The fraction of sp³-hybridized carbons (Fsp3) is 0.659. The van der Waals surface area contributed by atoms with E-state index in [-0.39, 0.29) is 35.0 Å². The van der Waals surface area contributed by atoms with Crippen molar-refractivity contribution in [2.45, 2.75) is 117 Å². The van der Waals surface area contributed by atoms with Crippen molar-refractivity contribution in [3.05, 3.63) is 71.8 Å². The summed E-state index contributed by atoms with van der Waals surface area (Å²) in [5, 5.41) is 0. The first-order valence-corrected chi connectivity index (χ1v) is 18.1. The number of hydrogen-bond donors (Lipinski definition) is 0. The SMILES string of the molecule is CC(C)CCC[C@@H](C)[C@H]1C[C@@H](OC(=O)c2ccccc2)[C@H]2[C@@H]3CC[C@H]4C[C@@H](OC(=O)c5ccccc5)CC[C@]4(C)[C@H]3CC[C@@]21C. The molecule has 4 aliphatic rings. The van der Waals surface area contributed by atoms with E-state index in [1.807, 2.05) is 60.7 Å². The van der Waals surface area contributed by atoms with Crippen LogP contribution in [-0.2, 0) is 9.47 Å². The standard InChI is InChI=1S/C41H56O4/c1-27(2)13-12-14-28(3)35-26-36(45-39(43)30-17-10-7-11-18-30)37-33-20-19-31-25-32(44-38(42)29-15-8-6-9-16-29)21-23-40(31,4)34(33)22-24-41(35,37)5/h6-11,15-18,27-28,31-37H,12-14,19-26H2,1-5H3/t28-,31+,32+,33-,34+,35-,36-,37-,40+,41-/m1/s1. The molecule has 4 saturated carbocycles. The van der Waals surface area contributed by atoms with Crippen molar-refractivity contribution in [3.63, 3.8) is 0 Å². The maximum Gasteiger partial charge on any atom is 0.338 e. The average molecular weight is 613 g/mol. The van der Waals surface area contributed by atoms with Gasteiger partial charge in [0.2, 0.25) is 0 Å². The van der Waals surface area contributed by atoms with Gasteiger partial charge >= 0.3 is 11.9 Å². The van der Waals surface area contributed by atoms with Crippen molar-refractivity contribution in [1.29, 1.82) is 0 Å². The van der Waals surface area contributed by atoms with Gasteiger partial charge in [0.05, 0.1) is 11.1 Å². The summed E-state index contributed by atoms with van der Waals surface area (Å²) in [6.45, 7) is 12.3. The molecule has 0 aliphatic heterocycles. The van der Waals surface area contributed by atoms with E-state index in [9.17, 15) is 9.59 Å². The molecule has 0 N–H and O–H groups in total. The lowest BCUT2D eigenvalue weighted by molar-refractivity contribution is -0.144. The molecule has 0 bridgehead atoms. The van der Waals surface area contributed by atoms with E-state index in [2.05, 4.69) is 34.6 Å². The lowest BCUT2D eigenvalue weighted by Gasteiger charge is -2.61. The molecule has 0 radical (unpaired) electrons. The monoisotopic (exact) mass is 612 g/mol. The molecular weight excluding hydrogens is 556 g/mol. The third-order valence-corrected chi connectivity index (χ3v) is 13.3. The van der Waals surface area contributed by atoms with Gasteiger partial charge in [-0.25, -0.2) is 9.59 Å². The number of benzene rings is 2. The molecule has 4 fully saturated rings. The van der Waals surface area contributed by atoms with Crippen LogP contribution in [0.1, 0.15) is 126 Å². The van der Waals surface area contributed by atoms with Crippen LogP contribution in [0.15, 0.2) is 60.7 Å². The minimum Gasteiger partial charge on any atom is -0.459 e. The quantitative estimate of drug-likeness (QED) is 0.264. The Kier molecular flexibility index (Phi) is 9.51. The van der Waals surface area contributed by atoms with Gasteiger partial charge in [0, 0.05) is 5.92 Å². The van der Waals surface area contributed by atoms with E-state index in [1.165, 1.54) is 44.9 Å². The van der Waals surface area contributed by atoms with Crippen LogP contribution in [-0.4, -0.2) is 24.1 Å². The van der Waals surface area contributed by atoms with Gasteiger partial charge in [-0.15, -0.1) is 0 Å².